The van der Waals surface area contributed by atoms with Gasteiger partial charge >= 0.3 is 6.18 Å². The highest BCUT2D eigenvalue weighted by molar-refractivity contribution is 5.56. The highest BCUT2D eigenvalue weighted by Crippen LogP contribution is 2.37. The minimum Gasteiger partial charge on any atom is -0.369 e. The highest BCUT2D eigenvalue weighted by atomic mass is 19.4. The Balaban J connectivity index is 2.19. The van der Waals surface area contributed by atoms with E-state index in [9.17, 15) is 17.6 Å². The molecular weight excluding hydrogens is 272 g/mol. The van der Waals surface area contributed by atoms with E-state index in [0.29, 0.717) is 11.3 Å². The predicted molar refractivity (Wildman–Crippen MR) is 70.0 cm³/mol. The molecule has 2 rings (SSSR count). The average molecular weight is 290 g/mol. The number of alkyl halides is 3. The van der Waals surface area contributed by atoms with Crippen LogP contribution in [-0.2, 0) is 0 Å². The Morgan fingerprint density at radius 2 is 1.85 bits per heavy atom. The normalized spacial score (nSPS) is 19.2. The summed E-state index contributed by atoms with van der Waals surface area (Å²) in [5.74, 6) is -1.71. The van der Waals surface area contributed by atoms with Gasteiger partial charge in [-0.2, -0.15) is 13.2 Å². The summed E-state index contributed by atoms with van der Waals surface area (Å²) in [6.07, 6.45) is -4.17. The number of nitrogens with two attached hydrogens (primary N) is 1. The van der Waals surface area contributed by atoms with Gasteiger partial charge in [-0.3, -0.25) is 0 Å². The van der Waals surface area contributed by atoms with E-state index in [1.54, 1.807) is 24.0 Å². The van der Waals surface area contributed by atoms with E-state index in [-0.39, 0.29) is 32.0 Å². The maximum atomic E-state index is 14.0. The van der Waals surface area contributed by atoms with Crippen molar-refractivity contribution in [3.63, 3.8) is 0 Å². The van der Waals surface area contributed by atoms with Crippen molar-refractivity contribution >= 4 is 5.69 Å². The van der Waals surface area contributed by atoms with Crippen LogP contribution >= 0.6 is 0 Å². The van der Waals surface area contributed by atoms with Crippen LogP contribution in [0.2, 0.25) is 0 Å². The van der Waals surface area contributed by atoms with Gasteiger partial charge in [0.2, 0.25) is 0 Å². The summed E-state index contributed by atoms with van der Waals surface area (Å²) < 4.78 is 51.9. The summed E-state index contributed by atoms with van der Waals surface area (Å²) in [6.45, 7) is 2.14. The van der Waals surface area contributed by atoms with Crippen molar-refractivity contribution in [1.82, 2.24) is 0 Å². The summed E-state index contributed by atoms with van der Waals surface area (Å²) in [6, 6.07) is 4.25. The highest BCUT2D eigenvalue weighted by Gasteiger charge is 2.41. The molecule has 0 aliphatic carbocycles. The lowest BCUT2D eigenvalue weighted by Crippen LogP contribution is -2.40. The van der Waals surface area contributed by atoms with Crippen LogP contribution in [0.5, 0.6) is 0 Å². The molecule has 0 amide bonds. The second-order valence-electron chi connectivity index (χ2n) is 5.27. The van der Waals surface area contributed by atoms with Gasteiger partial charge in [-0.1, -0.05) is 12.1 Å². The van der Waals surface area contributed by atoms with Crippen molar-refractivity contribution in [3.05, 3.63) is 29.6 Å². The van der Waals surface area contributed by atoms with Crippen molar-refractivity contribution < 1.29 is 17.6 Å². The van der Waals surface area contributed by atoms with Crippen LogP contribution in [0.1, 0.15) is 31.4 Å². The molecule has 20 heavy (non-hydrogen) atoms. The standard InChI is InChI=1S/C14H18F4N2/c1-9(19)11-3-2-4-12(15)13(11)20-7-5-10(6-8-20)14(16,17)18/h2-4,9-10H,5-8,19H2,1H3/t9-/m1/s1. The largest absolute Gasteiger partial charge is 0.391 e. The summed E-state index contributed by atoms with van der Waals surface area (Å²) in [5, 5.41) is 0. The van der Waals surface area contributed by atoms with Crippen molar-refractivity contribution in [2.75, 3.05) is 18.0 Å². The third-order valence-electron chi connectivity index (χ3n) is 3.78. The average Bonchev–Trinajstić information content (AvgIpc) is 2.37. The Bertz CT molecular complexity index is 463. The molecule has 2 nitrogen and oxygen atoms in total. The molecule has 0 spiro atoms. The van der Waals surface area contributed by atoms with Gasteiger partial charge in [0.25, 0.3) is 0 Å². The minimum absolute atomic E-state index is 0.00374. The molecule has 0 bridgehead atoms. The molecule has 6 heteroatoms. The number of para-hydroxylation sites is 1. The first-order valence-corrected chi connectivity index (χ1v) is 6.66. The van der Waals surface area contributed by atoms with Gasteiger partial charge in [0.15, 0.2) is 0 Å². The van der Waals surface area contributed by atoms with E-state index in [0.717, 1.165) is 0 Å². The Hall–Kier alpha value is -1.30. The van der Waals surface area contributed by atoms with E-state index in [1.807, 2.05) is 0 Å². The number of rotatable bonds is 2. The van der Waals surface area contributed by atoms with E-state index < -0.39 is 17.9 Å². The maximum Gasteiger partial charge on any atom is 0.391 e. The van der Waals surface area contributed by atoms with Gasteiger partial charge in [-0.25, -0.2) is 4.39 Å². The molecule has 0 saturated carbocycles. The molecule has 2 N–H and O–H groups in total. The SMILES string of the molecule is C[C@@H](N)c1cccc(F)c1N1CCC(C(F)(F)F)CC1. The number of hydrogen-bond donors (Lipinski definition) is 1. The lowest BCUT2D eigenvalue weighted by atomic mass is 9.94. The van der Waals surface area contributed by atoms with Gasteiger partial charge in [-0.05, 0) is 31.4 Å². The number of piperidine rings is 1. The Morgan fingerprint density at radius 1 is 1.25 bits per heavy atom. The van der Waals surface area contributed by atoms with Crippen LogP contribution in [0.3, 0.4) is 0 Å². The molecule has 1 aromatic rings. The zero-order chi connectivity index (χ0) is 14.9. The summed E-state index contributed by atoms with van der Waals surface area (Å²) in [5.41, 5.74) is 6.80. The first kappa shape index (κ1) is 15.1. The fourth-order valence-electron chi connectivity index (χ4n) is 2.66. The molecule has 1 fully saturated rings. The van der Waals surface area contributed by atoms with E-state index >= 15 is 0 Å². The van der Waals surface area contributed by atoms with Crippen molar-refractivity contribution in [3.8, 4) is 0 Å². The predicted octanol–water partition coefficient (Wildman–Crippen LogP) is 3.62. The first-order valence-electron chi connectivity index (χ1n) is 6.66. The van der Waals surface area contributed by atoms with Gasteiger partial charge in [0, 0.05) is 19.1 Å². The van der Waals surface area contributed by atoms with Crippen LogP contribution in [0.15, 0.2) is 18.2 Å². The second-order valence-corrected chi connectivity index (χ2v) is 5.27. The third-order valence-corrected chi connectivity index (χ3v) is 3.78. The molecular formula is C14H18F4N2. The second kappa shape index (κ2) is 5.60. The molecule has 1 heterocycles. The number of nitrogens with zero attached hydrogens (tertiary/aromatic N) is 1. The molecule has 0 radical (unpaired) electrons. The van der Waals surface area contributed by atoms with Gasteiger partial charge in [-0.15, -0.1) is 0 Å². The van der Waals surface area contributed by atoms with Crippen LogP contribution in [0.4, 0.5) is 23.2 Å². The Kier molecular flexibility index (Phi) is 4.22. The number of halogens is 4. The summed E-state index contributed by atoms with van der Waals surface area (Å²) in [7, 11) is 0. The van der Waals surface area contributed by atoms with E-state index in [1.165, 1.54) is 6.07 Å². The van der Waals surface area contributed by atoms with Crippen molar-refractivity contribution in [2.24, 2.45) is 11.7 Å². The molecule has 1 aliphatic rings. The third kappa shape index (κ3) is 3.06. The molecule has 112 valence electrons. The maximum absolute atomic E-state index is 14.0. The number of benzene rings is 1. The lowest BCUT2D eigenvalue weighted by Gasteiger charge is -2.36. The van der Waals surface area contributed by atoms with Gasteiger partial charge < -0.3 is 10.6 Å². The van der Waals surface area contributed by atoms with Crippen molar-refractivity contribution in [1.29, 1.82) is 0 Å². The van der Waals surface area contributed by atoms with Crippen LogP contribution in [-0.4, -0.2) is 19.3 Å². The van der Waals surface area contributed by atoms with Gasteiger partial charge in [0.05, 0.1) is 11.6 Å². The topological polar surface area (TPSA) is 29.3 Å². The fourth-order valence-corrected chi connectivity index (χ4v) is 2.66. The van der Waals surface area contributed by atoms with Crippen LogP contribution < -0.4 is 10.6 Å². The first-order chi connectivity index (χ1) is 9.30. The fraction of sp³-hybridized carbons (Fsp3) is 0.571. The molecule has 1 atom stereocenters. The monoisotopic (exact) mass is 290 g/mol. The zero-order valence-corrected chi connectivity index (χ0v) is 11.3. The van der Waals surface area contributed by atoms with Crippen molar-refractivity contribution in [2.45, 2.75) is 32.0 Å². The molecule has 0 aromatic heterocycles. The quantitative estimate of drug-likeness (QED) is 0.843. The minimum atomic E-state index is -4.16. The van der Waals surface area contributed by atoms with Crippen LogP contribution in [0, 0.1) is 11.7 Å². The number of anilines is 1. The lowest BCUT2D eigenvalue weighted by molar-refractivity contribution is -0.179. The van der Waals surface area contributed by atoms with E-state index in [4.69, 9.17) is 5.73 Å². The summed E-state index contributed by atoms with van der Waals surface area (Å²) >= 11 is 0. The molecule has 1 aromatic carbocycles. The van der Waals surface area contributed by atoms with Crippen LogP contribution in [0.25, 0.3) is 0 Å². The molecule has 1 aliphatic heterocycles. The Morgan fingerprint density at radius 3 is 2.35 bits per heavy atom. The molecule has 1 saturated heterocycles. The van der Waals surface area contributed by atoms with E-state index in [2.05, 4.69) is 0 Å². The summed E-state index contributed by atoms with van der Waals surface area (Å²) in [4.78, 5) is 1.68. The van der Waals surface area contributed by atoms with Gasteiger partial charge in [0.1, 0.15) is 5.82 Å². The number of hydrogen-bond acceptors (Lipinski definition) is 2. The Labute approximate surface area is 115 Å². The zero-order valence-electron chi connectivity index (χ0n) is 11.3. The molecule has 0 unspecified atom stereocenters. The smallest absolute Gasteiger partial charge is 0.369 e.